The molecule has 0 aliphatic carbocycles. The fourth-order valence-corrected chi connectivity index (χ4v) is 2.15. The van der Waals surface area contributed by atoms with Gasteiger partial charge in [-0.25, -0.2) is 4.39 Å². The Labute approximate surface area is 121 Å². The summed E-state index contributed by atoms with van der Waals surface area (Å²) < 4.78 is 19.2. The number of nitrogens with one attached hydrogen (secondary N) is 1. The average molecular weight is 285 g/mol. The zero-order valence-electron chi connectivity index (χ0n) is 11.9. The average Bonchev–Trinajstić information content (AvgIpc) is 2.83. The maximum Gasteiger partial charge on any atom is 0.296 e. The molecule has 1 aromatic heterocycles. The van der Waals surface area contributed by atoms with E-state index in [9.17, 15) is 4.39 Å². The Balaban J connectivity index is 1.85. The summed E-state index contributed by atoms with van der Waals surface area (Å²) in [6, 6.07) is 10.7. The first-order valence-corrected chi connectivity index (χ1v) is 6.71. The second-order valence-electron chi connectivity index (χ2n) is 5.12. The molecule has 1 heterocycles. The highest BCUT2D eigenvalue weighted by Gasteiger charge is 2.12. The van der Waals surface area contributed by atoms with E-state index in [4.69, 9.17) is 10.2 Å². The molecule has 3 aromatic rings. The van der Waals surface area contributed by atoms with Crippen LogP contribution in [0, 0.1) is 12.7 Å². The minimum Gasteiger partial charge on any atom is -0.424 e. The lowest BCUT2D eigenvalue weighted by Crippen LogP contribution is -2.07. The quantitative estimate of drug-likeness (QED) is 0.713. The molecule has 0 radical (unpaired) electrons. The van der Waals surface area contributed by atoms with Gasteiger partial charge in [0.25, 0.3) is 6.01 Å². The van der Waals surface area contributed by atoms with Crippen LogP contribution in [0.4, 0.5) is 16.1 Å². The van der Waals surface area contributed by atoms with E-state index in [1.165, 1.54) is 6.07 Å². The molecule has 1 atom stereocenters. The van der Waals surface area contributed by atoms with Gasteiger partial charge in [0.1, 0.15) is 11.3 Å². The Morgan fingerprint density at radius 3 is 2.81 bits per heavy atom. The van der Waals surface area contributed by atoms with Crippen molar-refractivity contribution >= 4 is 22.8 Å². The van der Waals surface area contributed by atoms with Crippen molar-refractivity contribution in [2.45, 2.75) is 19.9 Å². The van der Waals surface area contributed by atoms with Crippen LogP contribution >= 0.6 is 0 Å². The van der Waals surface area contributed by atoms with Gasteiger partial charge in [0.15, 0.2) is 5.58 Å². The maximum atomic E-state index is 13.6. The van der Waals surface area contributed by atoms with Crippen LogP contribution in [-0.2, 0) is 0 Å². The number of fused-ring (bicyclic) bond motifs is 1. The molecule has 0 aliphatic rings. The lowest BCUT2D eigenvalue weighted by molar-refractivity contribution is 0.598. The first-order valence-electron chi connectivity index (χ1n) is 6.71. The van der Waals surface area contributed by atoms with Crippen molar-refractivity contribution in [1.29, 1.82) is 0 Å². The normalized spacial score (nSPS) is 12.5. The zero-order valence-corrected chi connectivity index (χ0v) is 11.9. The zero-order chi connectivity index (χ0) is 15.0. The molecule has 4 nitrogen and oxygen atoms in total. The van der Waals surface area contributed by atoms with Crippen molar-refractivity contribution in [3.63, 3.8) is 0 Å². The van der Waals surface area contributed by atoms with Gasteiger partial charge in [-0.1, -0.05) is 12.1 Å². The third kappa shape index (κ3) is 2.67. The van der Waals surface area contributed by atoms with Gasteiger partial charge in [-0.05, 0) is 49.2 Å². The third-order valence-corrected chi connectivity index (χ3v) is 3.45. The van der Waals surface area contributed by atoms with Crippen LogP contribution in [0.2, 0.25) is 0 Å². The number of benzene rings is 2. The SMILES string of the molecule is Cc1ccc(C(C)Nc2nc3cc(N)ccc3o2)cc1F. The van der Waals surface area contributed by atoms with E-state index in [1.54, 1.807) is 31.2 Å². The molecule has 0 aliphatic heterocycles. The van der Waals surface area contributed by atoms with Crippen molar-refractivity contribution in [3.8, 4) is 0 Å². The summed E-state index contributed by atoms with van der Waals surface area (Å²) >= 11 is 0. The standard InChI is InChI=1S/C16H16FN3O/c1-9-3-4-11(7-13(9)17)10(2)19-16-20-14-8-12(18)5-6-15(14)21-16/h3-8,10H,18H2,1-2H3,(H,19,20). The van der Waals surface area contributed by atoms with E-state index in [0.29, 0.717) is 28.4 Å². The topological polar surface area (TPSA) is 64.1 Å². The van der Waals surface area contributed by atoms with Crippen LogP contribution in [0.1, 0.15) is 24.1 Å². The predicted molar refractivity (Wildman–Crippen MR) is 81.6 cm³/mol. The molecule has 0 saturated heterocycles. The summed E-state index contributed by atoms with van der Waals surface area (Å²) in [7, 11) is 0. The molecule has 108 valence electrons. The van der Waals surface area contributed by atoms with Gasteiger partial charge in [-0.15, -0.1) is 0 Å². The molecule has 21 heavy (non-hydrogen) atoms. The number of aromatic nitrogens is 1. The van der Waals surface area contributed by atoms with Crippen LogP contribution in [0.15, 0.2) is 40.8 Å². The van der Waals surface area contributed by atoms with Gasteiger partial charge >= 0.3 is 0 Å². The number of oxazole rings is 1. The summed E-state index contributed by atoms with van der Waals surface area (Å²) in [5, 5.41) is 3.13. The van der Waals surface area contributed by atoms with Gasteiger partial charge in [-0.3, -0.25) is 0 Å². The summed E-state index contributed by atoms with van der Waals surface area (Å²) in [4.78, 5) is 4.33. The van der Waals surface area contributed by atoms with Gasteiger partial charge in [0, 0.05) is 5.69 Å². The Morgan fingerprint density at radius 2 is 2.05 bits per heavy atom. The van der Waals surface area contributed by atoms with E-state index in [2.05, 4.69) is 10.3 Å². The van der Waals surface area contributed by atoms with Crippen molar-refractivity contribution in [2.75, 3.05) is 11.1 Å². The lowest BCUT2D eigenvalue weighted by atomic mass is 10.1. The van der Waals surface area contributed by atoms with Crippen LogP contribution < -0.4 is 11.1 Å². The van der Waals surface area contributed by atoms with E-state index in [0.717, 1.165) is 5.56 Å². The molecule has 2 aromatic carbocycles. The van der Waals surface area contributed by atoms with Crippen LogP contribution in [0.5, 0.6) is 0 Å². The van der Waals surface area contributed by atoms with E-state index < -0.39 is 0 Å². The van der Waals surface area contributed by atoms with Gasteiger partial charge in [0.05, 0.1) is 6.04 Å². The number of anilines is 2. The van der Waals surface area contributed by atoms with E-state index in [1.807, 2.05) is 13.0 Å². The van der Waals surface area contributed by atoms with Crippen LogP contribution in [0.3, 0.4) is 0 Å². The fourth-order valence-electron chi connectivity index (χ4n) is 2.15. The minimum absolute atomic E-state index is 0.120. The monoisotopic (exact) mass is 285 g/mol. The maximum absolute atomic E-state index is 13.6. The largest absolute Gasteiger partial charge is 0.424 e. The highest BCUT2D eigenvalue weighted by Crippen LogP contribution is 2.25. The molecule has 5 heteroatoms. The molecular weight excluding hydrogens is 269 g/mol. The second kappa shape index (κ2) is 5.09. The first kappa shape index (κ1) is 13.4. The smallest absolute Gasteiger partial charge is 0.296 e. The second-order valence-corrected chi connectivity index (χ2v) is 5.12. The van der Waals surface area contributed by atoms with Gasteiger partial charge in [0.2, 0.25) is 0 Å². The Hall–Kier alpha value is -2.56. The summed E-state index contributed by atoms with van der Waals surface area (Å²) in [5.41, 5.74) is 9.16. The van der Waals surface area contributed by atoms with Crippen molar-refractivity contribution < 1.29 is 8.81 Å². The highest BCUT2D eigenvalue weighted by molar-refractivity contribution is 5.78. The highest BCUT2D eigenvalue weighted by atomic mass is 19.1. The van der Waals surface area contributed by atoms with Gasteiger partial charge < -0.3 is 15.5 Å². The van der Waals surface area contributed by atoms with E-state index in [-0.39, 0.29) is 11.9 Å². The first-order chi connectivity index (χ1) is 10.0. The number of nitrogen functional groups attached to an aromatic ring is 1. The molecular formula is C16H16FN3O. The molecule has 0 fully saturated rings. The third-order valence-electron chi connectivity index (χ3n) is 3.45. The molecule has 0 spiro atoms. The molecule has 3 rings (SSSR count). The molecule has 3 N–H and O–H groups in total. The van der Waals surface area contributed by atoms with Crippen LogP contribution in [-0.4, -0.2) is 4.98 Å². The summed E-state index contributed by atoms with van der Waals surface area (Å²) in [6.45, 7) is 3.66. The number of halogens is 1. The van der Waals surface area contributed by atoms with Crippen LogP contribution in [0.25, 0.3) is 11.1 Å². The number of rotatable bonds is 3. The number of hydrogen-bond acceptors (Lipinski definition) is 4. The summed E-state index contributed by atoms with van der Waals surface area (Å²) in [5.74, 6) is -0.216. The number of nitrogens with two attached hydrogens (primary N) is 1. The lowest BCUT2D eigenvalue weighted by Gasteiger charge is -2.13. The van der Waals surface area contributed by atoms with Crippen molar-refractivity contribution in [1.82, 2.24) is 4.98 Å². The fraction of sp³-hybridized carbons (Fsp3) is 0.188. The number of hydrogen-bond donors (Lipinski definition) is 2. The molecule has 0 saturated carbocycles. The number of nitrogens with zero attached hydrogens (tertiary/aromatic N) is 1. The number of aryl methyl sites for hydroxylation is 1. The van der Waals surface area contributed by atoms with Crippen molar-refractivity contribution in [2.24, 2.45) is 0 Å². The molecule has 1 unspecified atom stereocenters. The van der Waals surface area contributed by atoms with Crippen molar-refractivity contribution in [3.05, 3.63) is 53.3 Å². The predicted octanol–water partition coefficient (Wildman–Crippen LogP) is 4.03. The molecule has 0 amide bonds. The van der Waals surface area contributed by atoms with Gasteiger partial charge in [-0.2, -0.15) is 4.98 Å². The minimum atomic E-state index is -0.216. The Bertz CT molecular complexity index is 797. The summed E-state index contributed by atoms with van der Waals surface area (Å²) in [6.07, 6.45) is 0. The Kier molecular flexibility index (Phi) is 3.25. The van der Waals surface area contributed by atoms with E-state index >= 15 is 0 Å². The Morgan fingerprint density at radius 1 is 1.24 bits per heavy atom. The molecule has 0 bridgehead atoms.